The van der Waals surface area contributed by atoms with Crippen molar-refractivity contribution in [2.75, 3.05) is 0 Å². The molecule has 2 N–H and O–H groups in total. The molecule has 0 spiro atoms. The molecule has 0 bridgehead atoms. The Kier molecular flexibility index (Phi) is 5.61. The fourth-order valence-corrected chi connectivity index (χ4v) is 4.48. The van der Waals surface area contributed by atoms with Gasteiger partial charge in [0.25, 0.3) is 0 Å². The van der Waals surface area contributed by atoms with E-state index in [1.165, 1.54) is 11.1 Å². The van der Waals surface area contributed by atoms with Crippen LogP contribution in [-0.2, 0) is 0 Å². The van der Waals surface area contributed by atoms with E-state index in [0.29, 0.717) is 0 Å². The van der Waals surface area contributed by atoms with Crippen LogP contribution < -0.4 is 5.32 Å². The number of aliphatic hydroxyl groups is 1. The van der Waals surface area contributed by atoms with E-state index in [4.69, 9.17) is 0 Å². The normalized spacial score (nSPS) is 32.5. The van der Waals surface area contributed by atoms with Crippen LogP contribution in [0.4, 0.5) is 0 Å². The molecule has 1 fully saturated rings. The zero-order valence-corrected chi connectivity index (χ0v) is 15.7. The van der Waals surface area contributed by atoms with E-state index in [-0.39, 0.29) is 23.9 Å². The smallest absolute Gasteiger partial charge is 0.0734 e. The lowest BCUT2D eigenvalue weighted by atomic mass is 9.64. The van der Waals surface area contributed by atoms with Gasteiger partial charge >= 0.3 is 0 Å². The van der Waals surface area contributed by atoms with Gasteiger partial charge in [-0.1, -0.05) is 94.3 Å². The molecule has 0 radical (unpaired) electrons. The molecular formula is C23H31NO. The summed E-state index contributed by atoms with van der Waals surface area (Å²) in [7, 11) is 0. The summed E-state index contributed by atoms with van der Waals surface area (Å²) < 4.78 is 0. The maximum atomic E-state index is 11.8. The highest BCUT2D eigenvalue weighted by Gasteiger charge is 2.50. The van der Waals surface area contributed by atoms with Crippen molar-refractivity contribution in [1.82, 2.24) is 5.32 Å². The third-order valence-electron chi connectivity index (χ3n) is 6.18. The molecule has 0 amide bonds. The van der Waals surface area contributed by atoms with Gasteiger partial charge in [-0.3, -0.25) is 0 Å². The summed E-state index contributed by atoms with van der Waals surface area (Å²) in [4.78, 5) is 0. The van der Waals surface area contributed by atoms with E-state index in [1.807, 2.05) is 0 Å². The maximum absolute atomic E-state index is 11.8. The van der Waals surface area contributed by atoms with E-state index >= 15 is 0 Å². The molecule has 1 unspecified atom stereocenters. The van der Waals surface area contributed by atoms with Crippen molar-refractivity contribution in [2.24, 2.45) is 11.8 Å². The summed E-state index contributed by atoms with van der Waals surface area (Å²) in [6, 6.07) is 21.5. The lowest BCUT2D eigenvalue weighted by Crippen LogP contribution is -2.57. The van der Waals surface area contributed by atoms with Gasteiger partial charge in [0.1, 0.15) is 0 Å². The Balaban J connectivity index is 2.00. The first-order valence-electron chi connectivity index (χ1n) is 9.66. The second-order valence-electron chi connectivity index (χ2n) is 7.62. The fraction of sp³-hybridized carbons (Fsp3) is 0.478. The van der Waals surface area contributed by atoms with Crippen molar-refractivity contribution in [2.45, 2.75) is 57.7 Å². The monoisotopic (exact) mass is 337 g/mol. The van der Waals surface area contributed by atoms with Crippen LogP contribution in [0.15, 0.2) is 60.7 Å². The van der Waals surface area contributed by atoms with E-state index in [1.54, 1.807) is 0 Å². The van der Waals surface area contributed by atoms with E-state index in [0.717, 1.165) is 19.3 Å². The van der Waals surface area contributed by atoms with Crippen LogP contribution in [-0.4, -0.2) is 10.7 Å². The first kappa shape index (κ1) is 18.2. The maximum Gasteiger partial charge on any atom is 0.0734 e. The molecule has 2 heteroatoms. The van der Waals surface area contributed by atoms with Gasteiger partial charge in [-0.2, -0.15) is 0 Å². The fourth-order valence-electron chi connectivity index (χ4n) is 4.48. The molecule has 25 heavy (non-hydrogen) atoms. The average molecular weight is 338 g/mol. The van der Waals surface area contributed by atoms with Gasteiger partial charge < -0.3 is 10.4 Å². The predicted molar refractivity (Wildman–Crippen MR) is 104 cm³/mol. The van der Waals surface area contributed by atoms with Gasteiger partial charge in [-0.05, 0) is 17.5 Å². The molecule has 2 nitrogen and oxygen atoms in total. The van der Waals surface area contributed by atoms with Crippen LogP contribution in [0.1, 0.15) is 63.2 Å². The Morgan fingerprint density at radius 1 is 0.840 bits per heavy atom. The van der Waals surface area contributed by atoms with Gasteiger partial charge in [0.15, 0.2) is 0 Å². The van der Waals surface area contributed by atoms with E-state index < -0.39 is 5.60 Å². The third-order valence-corrected chi connectivity index (χ3v) is 6.18. The molecule has 134 valence electrons. The minimum atomic E-state index is -0.664. The zero-order chi connectivity index (χ0) is 17.9. The lowest BCUT2D eigenvalue weighted by Gasteiger charge is -2.52. The number of unbranched alkanes of at least 4 members (excludes halogenated alkanes) is 1. The average Bonchev–Trinajstić information content (AvgIpc) is 2.66. The van der Waals surface area contributed by atoms with Crippen LogP contribution in [0, 0.1) is 11.8 Å². The molecule has 0 saturated carbocycles. The molecule has 2 aromatic rings. The molecule has 1 saturated heterocycles. The van der Waals surface area contributed by atoms with Crippen LogP contribution in [0.2, 0.25) is 0 Å². The topological polar surface area (TPSA) is 32.3 Å². The number of nitrogens with one attached hydrogen (secondary N) is 1. The summed E-state index contributed by atoms with van der Waals surface area (Å²) in [6.07, 6.45) is 3.04. The van der Waals surface area contributed by atoms with Crippen molar-refractivity contribution in [3.8, 4) is 0 Å². The molecule has 1 heterocycles. The number of hydrogen-bond acceptors (Lipinski definition) is 2. The quantitative estimate of drug-likeness (QED) is 0.779. The molecule has 0 aromatic heterocycles. The third kappa shape index (κ3) is 3.51. The minimum absolute atomic E-state index is 0.157. The zero-order valence-electron chi connectivity index (χ0n) is 15.7. The van der Waals surface area contributed by atoms with Crippen LogP contribution in [0.25, 0.3) is 0 Å². The molecule has 1 aliphatic heterocycles. The highest BCUT2D eigenvalue weighted by Crippen LogP contribution is 2.48. The molecule has 0 aliphatic carbocycles. The minimum Gasteiger partial charge on any atom is -0.389 e. The molecule has 2 aromatic carbocycles. The van der Waals surface area contributed by atoms with E-state index in [9.17, 15) is 5.11 Å². The molecule has 5 atom stereocenters. The lowest BCUT2D eigenvalue weighted by molar-refractivity contribution is -0.117. The number of piperidine rings is 1. The van der Waals surface area contributed by atoms with Crippen molar-refractivity contribution in [1.29, 1.82) is 0 Å². The van der Waals surface area contributed by atoms with Crippen molar-refractivity contribution < 1.29 is 5.11 Å². The summed E-state index contributed by atoms with van der Waals surface area (Å²) >= 11 is 0. The molecular weight excluding hydrogens is 306 g/mol. The van der Waals surface area contributed by atoms with Gasteiger partial charge in [-0.25, -0.2) is 0 Å². The van der Waals surface area contributed by atoms with Crippen molar-refractivity contribution >= 4 is 0 Å². The summed E-state index contributed by atoms with van der Waals surface area (Å²) in [6.45, 7) is 6.61. The Hall–Kier alpha value is -1.64. The Labute approximate surface area is 152 Å². The second kappa shape index (κ2) is 7.72. The molecule has 3 rings (SSSR count). The Morgan fingerprint density at radius 3 is 1.68 bits per heavy atom. The highest BCUT2D eigenvalue weighted by molar-refractivity contribution is 5.27. The van der Waals surface area contributed by atoms with Crippen molar-refractivity contribution in [3.63, 3.8) is 0 Å². The van der Waals surface area contributed by atoms with Crippen LogP contribution >= 0.6 is 0 Å². The van der Waals surface area contributed by atoms with Gasteiger partial charge in [0, 0.05) is 23.9 Å². The van der Waals surface area contributed by atoms with E-state index in [2.05, 4.69) is 86.8 Å². The van der Waals surface area contributed by atoms with Gasteiger partial charge in [0.2, 0.25) is 0 Å². The standard InChI is InChI=1S/C23H31NO/c1-4-5-16-23(25)17(2)21(19-12-8-6-9-13-19)24-22(18(23)3)20-14-10-7-11-15-20/h6-15,17-18,21-22,24-25H,4-5,16H2,1-3H3/t17-,18+,21-,22-,23?/m1/s1. The molecule has 1 aliphatic rings. The Bertz CT molecular complexity index is 603. The van der Waals surface area contributed by atoms with Crippen LogP contribution in [0.3, 0.4) is 0 Å². The summed E-state index contributed by atoms with van der Waals surface area (Å²) in [5.41, 5.74) is 1.86. The second-order valence-corrected chi connectivity index (χ2v) is 7.62. The first-order chi connectivity index (χ1) is 12.1. The van der Waals surface area contributed by atoms with Crippen LogP contribution in [0.5, 0.6) is 0 Å². The summed E-state index contributed by atoms with van der Waals surface area (Å²) in [5.74, 6) is 0.327. The SMILES string of the molecule is CCCCC1(O)[C@H](C)[C@H](c2ccccc2)N[C@@H](c2ccccc2)[C@@H]1C. The van der Waals surface area contributed by atoms with Gasteiger partial charge in [-0.15, -0.1) is 0 Å². The Morgan fingerprint density at radius 2 is 1.28 bits per heavy atom. The highest BCUT2D eigenvalue weighted by atomic mass is 16.3. The number of hydrogen-bond donors (Lipinski definition) is 2. The summed E-state index contributed by atoms with van der Waals surface area (Å²) in [5, 5.41) is 15.6. The largest absolute Gasteiger partial charge is 0.389 e. The van der Waals surface area contributed by atoms with Crippen molar-refractivity contribution in [3.05, 3.63) is 71.8 Å². The first-order valence-corrected chi connectivity index (χ1v) is 9.66. The van der Waals surface area contributed by atoms with Gasteiger partial charge in [0.05, 0.1) is 5.60 Å². The number of rotatable bonds is 5. The number of benzene rings is 2. The predicted octanol–water partition coefficient (Wildman–Crippen LogP) is 5.27.